The van der Waals surface area contributed by atoms with Gasteiger partial charge in [0.15, 0.2) is 0 Å². The van der Waals surface area contributed by atoms with Gasteiger partial charge in [-0.05, 0) is 51.5 Å². The number of carbonyl (C=O) groups excluding carboxylic acids is 2. The number of aryl methyl sites for hydroxylation is 2. The molecule has 0 radical (unpaired) electrons. The van der Waals surface area contributed by atoms with Gasteiger partial charge in [-0.15, -0.1) is 11.3 Å². The summed E-state index contributed by atoms with van der Waals surface area (Å²) >= 11 is 1.49. The third-order valence-electron chi connectivity index (χ3n) is 8.05. The van der Waals surface area contributed by atoms with Gasteiger partial charge in [-0.25, -0.2) is 4.52 Å². The van der Waals surface area contributed by atoms with Gasteiger partial charge in [0.05, 0.1) is 39.8 Å². The minimum atomic E-state index is -0.293. The Hall–Kier alpha value is -3.57. The first-order valence-electron chi connectivity index (χ1n) is 13.1. The summed E-state index contributed by atoms with van der Waals surface area (Å²) < 4.78 is 3.53. The molecule has 2 saturated heterocycles. The Bertz CT molecular complexity index is 1510. The molecule has 2 amide bonds. The van der Waals surface area contributed by atoms with Gasteiger partial charge in [-0.1, -0.05) is 0 Å². The Kier molecular flexibility index (Phi) is 6.48. The van der Waals surface area contributed by atoms with Crippen LogP contribution in [0.1, 0.15) is 57.8 Å². The number of aromatic nitrogens is 5. The quantitative estimate of drug-likeness (QED) is 0.376. The summed E-state index contributed by atoms with van der Waals surface area (Å²) in [6.07, 6.45) is 12.1. The third kappa shape index (κ3) is 4.60. The lowest BCUT2D eigenvalue weighted by atomic mass is 9.80. The predicted octanol–water partition coefficient (Wildman–Crippen LogP) is 3.66. The molecule has 4 aromatic rings. The number of hydrogen-bond donors (Lipinski definition) is 2. The Balaban J connectivity index is 1.13. The number of amides is 2. The average Bonchev–Trinajstić information content (AvgIpc) is 3.60. The molecule has 3 aliphatic rings. The Morgan fingerprint density at radius 2 is 1.89 bits per heavy atom. The molecule has 11 heteroatoms. The minimum Gasteiger partial charge on any atom is -0.351 e. The van der Waals surface area contributed by atoms with Gasteiger partial charge in [0.25, 0.3) is 11.8 Å². The van der Waals surface area contributed by atoms with E-state index in [4.69, 9.17) is 0 Å². The highest BCUT2D eigenvalue weighted by Gasteiger charge is 2.33. The van der Waals surface area contributed by atoms with Crippen molar-refractivity contribution < 1.29 is 9.59 Å². The van der Waals surface area contributed by atoms with Gasteiger partial charge in [0, 0.05) is 56.4 Å². The molecule has 7 rings (SSSR count). The van der Waals surface area contributed by atoms with E-state index in [-0.39, 0.29) is 11.8 Å². The maximum Gasteiger partial charge on any atom is 0.260 e. The SMILES string of the molecule is Cc1ncc(C(=O)NCCN2CC3CCC2CC3)cc1NC(=O)c1cnn2cc(-c3cnn(C)c3C)sc12. The summed E-state index contributed by atoms with van der Waals surface area (Å²) in [7, 11) is 1.90. The maximum atomic E-state index is 13.2. The molecule has 0 unspecified atom stereocenters. The molecule has 198 valence electrons. The fourth-order valence-electron chi connectivity index (χ4n) is 5.64. The number of carbonyl (C=O) groups is 2. The summed E-state index contributed by atoms with van der Waals surface area (Å²) in [6, 6.07) is 2.36. The molecule has 1 aliphatic carbocycles. The van der Waals surface area contributed by atoms with Gasteiger partial charge >= 0.3 is 0 Å². The van der Waals surface area contributed by atoms with Crippen molar-refractivity contribution in [2.24, 2.45) is 13.0 Å². The van der Waals surface area contributed by atoms with Gasteiger partial charge in [-0.2, -0.15) is 10.2 Å². The van der Waals surface area contributed by atoms with E-state index in [0.29, 0.717) is 35.1 Å². The topological polar surface area (TPSA) is 109 Å². The molecule has 2 bridgehead atoms. The number of nitrogens with one attached hydrogen (secondary N) is 2. The molecule has 10 nitrogen and oxygen atoms in total. The number of anilines is 1. The number of thiazole rings is 1. The highest BCUT2D eigenvalue weighted by molar-refractivity contribution is 7.21. The first-order valence-corrected chi connectivity index (χ1v) is 14.0. The van der Waals surface area contributed by atoms with Crippen molar-refractivity contribution in [2.75, 3.05) is 25.0 Å². The van der Waals surface area contributed by atoms with E-state index in [2.05, 4.69) is 30.7 Å². The van der Waals surface area contributed by atoms with Crippen molar-refractivity contribution in [2.45, 2.75) is 45.6 Å². The van der Waals surface area contributed by atoms with Gasteiger partial charge in [0.2, 0.25) is 0 Å². The van der Waals surface area contributed by atoms with Crippen LogP contribution in [0.3, 0.4) is 0 Å². The largest absolute Gasteiger partial charge is 0.351 e. The maximum absolute atomic E-state index is 13.2. The van der Waals surface area contributed by atoms with Gasteiger partial charge in [-0.3, -0.25) is 24.2 Å². The number of piperidine rings is 2. The summed E-state index contributed by atoms with van der Waals surface area (Å²) in [4.78, 5) is 34.7. The van der Waals surface area contributed by atoms with Crippen LogP contribution < -0.4 is 10.6 Å². The van der Waals surface area contributed by atoms with E-state index < -0.39 is 0 Å². The van der Waals surface area contributed by atoms with Crippen LogP contribution in [0.15, 0.2) is 30.9 Å². The molecular formula is C27H32N8O2S. The first kappa shape index (κ1) is 24.7. The van der Waals surface area contributed by atoms with Crippen molar-refractivity contribution in [1.29, 1.82) is 0 Å². The van der Waals surface area contributed by atoms with Crippen molar-refractivity contribution in [3.05, 3.63) is 53.4 Å². The first-order chi connectivity index (χ1) is 18.4. The lowest BCUT2D eigenvalue weighted by Gasteiger charge is -2.45. The summed E-state index contributed by atoms with van der Waals surface area (Å²) in [5, 5.41) is 14.7. The zero-order valence-electron chi connectivity index (χ0n) is 21.9. The number of hydrogen-bond acceptors (Lipinski definition) is 7. The van der Waals surface area contributed by atoms with Crippen molar-refractivity contribution >= 4 is 33.7 Å². The number of fused-ring (bicyclic) bond motifs is 4. The van der Waals surface area contributed by atoms with Crippen LogP contribution in [-0.4, -0.2) is 66.8 Å². The Morgan fingerprint density at radius 3 is 2.61 bits per heavy atom. The number of pyridine rings is 1. The third-order valence-corrected chi connectivity index (χ3v) is 9.19. The number of nitrogens with zero attached hydrogens (tertiary/aromatic N) is 6. The molecule has 2 N–H and O–H groups in total. The van der Waals surface area contributed by atoms with E-state index in [1.807, 2.05) is 38.0 Å². The highest BCUT2D eigenvalue weighted by Crippen LogP contribution is 2.34. The van der Waals surface area contributed by atoms with E-state index in [0.717, 1.165) is 40.0 Å². The van der Waals surface area contributed by atoms with Crippen LogP contribution in [0.4, 0.5) is 5.69 Å². The zero-order chi connectivity index (χ0) is 26.4. The summed E-state index contributed by atoms with van der Waals surface area (Å²) in [6.45, 7) is 6.44. The van der Waals surface area contributed by atoms with Crippen LogP contribution in [-0.2, 0) is 7.05 Å². The lowest BCUT2D eigenvalue weighted by molar-refractivity contribution is 0.0494. The van der Waals surface area contributed by atoms with Crippen LogP contribution >= 0.6 is 11.3 Å². The molecule has 1 saturated carbocycles. The summed E-state index contributed by atoms with van der Waals surface area (Å²) in [5.74, 6) is 0.345. The molecule has 0 atom stereocenters. The lowest BCUT2D eigenvalue weighted by Crippen LogP contribution is -2.50. The molecular weight excluding hydrogens is 500 g/mol. The zero-order valence-corrected chi connectivity index (χ0v) is 22.7. The fourth-order valence-corrected chi connectivity index (χ4v) is 6.76. The molecule has 2 aliphatic heterocycles. The second-order valence-corrected chi connectivity index (χ2v) is 11.4. The monoisotopic (exact) mass is 532 g/mol. The molecule has 0 aromatic carbocycles. The van der Waals surface area contributed by atoms with Crippen LogP contribution in [0, 0.1) is 19.8 Å². The van der Waals surface area contributed by atoms with Crippen molar-refractivity contribution in [3.63, 3.8) is 0 Å². The minimum absolute atomic E-state index is 0.183. The normalized spacial score (nSPS) is 19.2. The Labute approximate surface area is 225 Å². The number of rotatable bonds is 7. The van der Waals surface area contributed by atoms with Crippen molar-refractivity contribution in [1.82, 2.24) is 34.6 Å². The van der Waals surface area contributed by atoms with Crippen LogP contribution in [0.2, 0.25) is 0 Å². The van der Waals surface area contributed by atoms with Crippen molar-refractivity contribution in [3.8, 4) is 10.4 Å². The highest BCUT2D eigenvalue weighted by atomic mass is 32.1. The van der Waals surface area contributed by atoms with E-state index in [9.17, 15) is 9.59 Å². The fraction of sp³-hybridized carbons (Fsp3) is 0.444. The standard InChI is InChI=1S/C27H32N8O2S/c1-16-23(10-19(11-29-16)25(36)28-8-9-34-14-18-4-6-20(34)7-5-18)32-26(37)22-13-31-35-15-24(38-27(22)35)21-12-30-33(3)17(21)2/h10-13,15,18,20H,4-9,14H2,1-3H3,(H,28,36)(H,32,37). The van der Waals surface area contributed by atoms with E-state index in [1.54, 1.807) is 23.0 Å². The van der Waals surface area contributed by atoms with Crippen LogP contribution in [0.25, 0.3) is 15.3 Å². The molecule has 4 aromatic heterocycles. The van der Waals surface area contributed by atoms with Gasteiger partial charge < -0.3 is 10.6 Å². The second-order valence-electron chi connectivity index (χ2n) is 10.4. The smallest absolute Gasteiger partial charge is 0.260 e. The predicted molar refractivity (Wildman–Crippen MR) is 147 cm³/mol. The molecule has 6 heterocycles. The molecule has 0 spiro atoms. The van der Waals surface area contributed by atoms with E-state index >= 15 is 0 Å². The summed E-state index contributed by atoms with van der Waals surface area (Å²) in [5.41, 5.74) is 4.10. The molecule has 3 fully saturated rings. The average molecular weight is 533 g/mol. The second kappa shape index (κ2) is 9.95. The molecule has 38 heavy (non-hydrogen) atoms. The van der Waals surface area contributed by atoms with E-state index in [1.165, 1.54) is 37.0 Å². The van der Waals surface area contributed by atoms with Gasteiger partial charge in [0.1, 0.15) is 4.83 Å². The Morgan fingerprint density at radius 1 is 1.08 bits per heavy atom. The van der Waals surface area contributed by atoms with Crippen LogP contribution in [0.5, 0.6) is 0 Å².